The fraction of sp³-hybridized carbons (Fsp3) is 0.0750. The number of allylic oxidation sites excluding steroid dienone is 4. The first-order valence-corrected chi connectivity index (χ1v) is 15.6. The van der Waals surface area contributed by atoms with Gasteiger partial charge in [-0.2, -0.15) is 12.1 Å². The second kappa shape index (κ2) is 17.4. The van der Waals surface area contributed by atoms with Crippen molar-refractivity contribution in [3.63, 3.8) is 0 Å². The number of hydrogen-bond acceptors (Lipinski definition) is 0. The largest absolute Gasteiger partial charge is 0.273 e. The van der Waals surface area contributed by atoms with Crippen molar-refractivity contribution in [2.24, 2.45) is 0 Å². The molecule has 0 radical (unpaired) electrons. The van der Waals surface area contributed by atoms with E-state index in [1.165, 1.54) is 37.8 Å². The van der Waals surface area contributed by atoms with Gasteiger partial charge in [0.25, 0.3) is 0 Å². The van der Waals surface area contributed by atoms with E-state index in [1.807, 2.05) is 12.2 Å². The predicted octanol–water partition coefficient (Wildman–Crippen LogP) is 9.09. The monoisotopic (exact) mass is 726 g/mol. The standard InChI is InChI=1S/C21H16P.C14H14.C5H5.Hf/c1-3-11-19(12-4-1)22(20-13-5-2-6-14-20)21-15-17-9-7-8-10-18(17)16-21;1-3-7-13(8-4-1)11-12-14-9-5-2-6-10-14;1-2-4-5-3-1;/h1-16H;1-10H,11-12H2;1-3H,4H2;/q-1;;-1;. The average Bonchev–Trinajstić information content (AvgIpc) is 3.77. The molecule has 206 valence electrons. The van der Waals surface area contributed by atoms with E-state index in [1.54, 1.807) is 0 Å². The predicted molar refractivity (Wildman–Crippen MR) is 180 cm³/mol. The number of benzene rings is 5. The molecule has 0 nitrogen and oxygen atoms in total. The molecule has 0 saturated heterocycles. The smallest absolute Gasteiger partial charge is 0 e. The van der Waals surface area contributed by atoms with E-state index in [4.69, 9.17) is 0 Å². The first kappa shape index (κ1) is 31.4. The number of rotatable bonds is 6. The third-order valence-corrected chi connectivity index (χ3v) is 9.27. The molecule has 0 unspecified atom stereocenters. The zero-order chi connectivity index (χ0) is 28.0. The maximum absolute atomic E-state index is 2.99. The molecule has 0 fully saturated rings. The summed E-state index contributed by atoms with van der Waals surface area (Å²) in [7, 11) is -0.493. The molecule has 7 rings (SSSR count). The van der Waals surface area contributed by atoms with Gasteiger partial charge < -0.3 is 0 Å². The first-order chi connectivity index (χ1) is 20.4. The summed E-state index contributed by atoms with van der Waals surface area (Å²) >= 11 is 0. The van der Waals surface area contributed by atoms with E-state index in [0.717, 1.165) is 19.3 Å². The normalized spacial score (nSPS) is 11.3. The summed E-state index contributed by atoms with van der Waals surface area (Å²) in [6.07, 6.45) is 12.3. The molecule has 0 aromatic heterocycles. The van der Waals surface area contributed by atoms with E-state index >= 15 is 0 Å². The SMILES string of the molecule is [C-]1=CC=CC1.[Hf].c1ccc(CCc2ccccc2)cc1.c1ccc(P(c2ccccc2)c2cc3ccccc3[cH-]2)cc1. The van der Waals surface area contributed by atoms with Gasteiger partial charge >= 0.3 is 0 Å². The minimum atomic E-state index is -0.493. The second-order valence-electron chi connectivity index (χ2n) is 9.82. The molecule has 1 aliphatic rings. The van der Waals surface area contributed by atoms with E-state index < -0.39 is 7.92 Å². The van der Waals surface area contributed by atoms with Crippen molar-refractivity contribution in [3.8, 4) is 0 Å². The van der Waals surface area contributed by atoms with Gasteiger partial charge in [0.1, 0.15) is 0 Å². The van der Waals surface area contributed by atoms with Crippen LogP contribution in [0.3, 0.4) is 0 Å². The number of aryl methyl sites for hydroxylation is 2. The van der Waals surface area contributed by atoms with Crippen LogP contribution in [0.15, 0.2) is 176 Å². The van der Waals surface area contributed by atoms with Gasteiger partial charge in [-0.15, -0.1) is 46.8 Å². The molecular weight excluding hydrogens is 690 g/mol. The van der Waals surface area contributed by atoms with E-state index in [9.17, 15) is 0 Å². The van der Waals surface area contributed by atoms with Crippen molar-refractivity contribution in [1.29, 1.82) is 0 Å². The van der Waals surface area contributed by atoms with Crippen molar-refractivity contribution in [1.82, 2.24) is 0 Å². The molecule has 0 N–H and O–H groups in total. The second-order valence-corrected chi connectivity index (χ2v) is 12.0. The van der Waals surface area contributed by atoms with Gasteiger partial charge in [0, 0.05) is 25.8 Å². The van der Waals surface area contributed by atoms with E-state index in [-0.39, 0.29) is 25.8 Å². The molecule has 0 atom stereocenters. The Hall–Kier alpha value is -3.51. The molecule has 0 heterocycles. The Bertz CT molecular complexity index is 1510. The topological polar surface area (TPSA) is 0 Å². The molecule has 42 heavy (non-hydrogen) atoms. The Morgan fingerprint density at radius 1 is 0.571 bits per heavy atom. The van der Waals surface area contributed by atoms with Crippen molar-refractivity contribution in [2.75, 3.05) is 0 Å². The Kier molecular flexibility index (Phi) is 13.1. The van der Waals surface area contributed by atoms with Crippen LogP contribution in [0.4, 0.5) is 0 Å². The molecule has 2 heteroatoms. The minimum absolute atomic E-state index is 0. The molecule has 0 aliphatic heterocycles. The maximum atomic E-state index is 2.99. The third kappa shape index (κ3) is 9.52. The van der Waals surface area contributed by atoms with Crippen LogP contribution >= 0.6 is 7.92 Å². The summed E-state index contributed by atoms with van der Waals surface area (Å²) in [6, 6.07) is 56.3. The molecule has 6 aromatic rings. The van der Waals surface area contributed by atoms with Crippen LogP contribution in [0.5, 0.6) is 0 Å². The summed E-state index contributed by atoms with van der Waals surface area (Å²) in [5.41, 5.74) is 2.83. The van der Waals surface area contributed by atoms with Gasteiger partial charge in [0.15, 0.2) is 0 Å². The summed E-state index contributed by atoms with van der Waals surface area (Å²) in [5, 5.41) is 6.89. The van der Waals surface area contributed by atoms with E-state index in [2.05, 4.69) is 170 Å². The van der Waals surface area contributed by atoms with Crippen molar-refractivity contribution in [2.45, 2.75) is 19.3 Å². The zero-order valence-electron chi connectivity index (χ0n) is 23.8. The van der Waals surface area contributed by atoms with Crippen LogP contribution in [0.1, 0.15) is 17.5 Å². The summed E-state index contributed by atoms with van der Waals surface area (Å²) in [5.74, 6) is 0. The fourth-order valence-corrected chi connectivity index (χ4v) is 7.15. The van der Waals surface area contributed by atoms with Gasteiger partial charge in [-0.25, -0.2) is 12.2 Å². The minimum Gasteiger partial charge on any atom is -0.273 e. The van der Waals surface area contributed by atoms with Crippen LogP contribution < -0.4 is 15.9 Å². The third-order valence-electron chi connectivity index (χ3n) is 6.86. The van der Waals surface area contributed by atoms with Gasteiger partial charge in [0.2, 0.25) is 0 Å². The van der Waals surface area contributed by atoms with E-state index in [0.29, 0.717) is 0 Å². The average molecular weight is 725 g/mol. The molecule has 6 aromatic carbocycles. The number of fused-ring (bicyclic) bond motifs is 1. The molecule has 0 spiro atoms. The molecule has 0 amide bonds. The van der Waals surface area contributed by atoms with Gasteiger partial charge in [0.05, 0.1) is 0 Å². The summed E-state index contributed by atoms with van der Waals surface area (Å²) in [6.45, 7) is 0. The Morgan fingerprint density at radius 3 is 1.48 bits per heavy atom. The Labute approximate surface area is 271 Å². The van der Waals surface area contributed by atoms with Crippen LogP contribution in [0.25, 0.3) is 10.8 Å². The van der Waals surface area contributed by atoms with Crippen molar-refractivity contribution in [3.05, 3.63) is 193 Å². The van der Waals surface area contributed by atoms with Crippen molar-refractivity contribution >= 4 is 34.6 Å². The first-order valence-electron chi connectivity index (χ1n) is 14.2. The quantitative estimate of drug-likeness (QED) is 0.0914. The molecular formula is C40H35HfP-2. The Morgan fingerprint density at radius 2 is 1.05 bits per heavy atom. The molecule has 0 saturated carbocycles. The zero-order valence-corrected chi connectivity index (χ0v) is 28.3. The fourth-order valence-electron chi connectivity index (χ4n) is 4.78. The van der Waals surface area contributed by atoms with Crippen LogP contribution in [-0.2, 0) is 38.7 Å². The molecule has 0 bridgehead atoms. The summed E-state index contributed by atoms with van der Waals surface area (Å²) < 4.78 is 0. The maximum Gasteiger partial charge on any atom is 0 e. The van der Waals surface area contributed by atoms with Gasteiger partial charge in [-0.05, 0) is 42.5 Å². The van der Waals surface area contributed by atoms with Crippen molar-refractivity contribution < 1.29 is 25.8 Å². The van der Waals surface area contributed by atoms with Crippen LogP contribution in [0.2, 0.25) is 0 Å². The van der Waals surface area contributed by atoms with Gasteiger partial charge in [-0.1, -0.05) is 127 Å². The Balaban J connectivity index is 0.000000173. The number of hydrogen-bond donors (Lipinski definition) is 0. The van der Waals surface area contributed by atoms with Crippen LogP contribution in [-0.4, -0.2) is 0 Å². The van der Waals surface area contributed by atoms with Crippen LogP contribution in [0, 0.1) is 6.08 Å². The summed E-state index contributed by atoms with van der Waals surface area (Å²) in [4.78, 5) is 0. The van der Waals surface area contributed by atoms with Gasteiger partial charge in [-0.3, -0.25) is 6.08 Å². The molecule has 1 aliphatic carbocycles.